The molecule has 0 unspecified atom stereocenters. The molecular weight excluding hydrogens is 335 g/mol. The minimum Gasteiger partial charge on any atom is -0.545 e. The number of aromatic hydroxyl groups is 4. The summed E-state index contributed by atoms with van der Waals surface area (Å²) >= 11 is 0. The largest absolute Gasteiger partial charge is 1.00 e. The van der Waals surface area contributed by atoms with Crippen molar-refractivity contribution in [2.24, 2.45) is 0 Å². The number of hydrogen-bond donors (Lipinski definition) is 5. The van der Waals surface area contributed by atoms with Crippen LogP contribution in [0.25, 0.3) is 0 Å². The number of hydrogen-bond acceptors (Lipinski definition) is 7. The molecule has 2 rings (SSSR count). The Hall–Kier alpha value is -1.78. The normalized spacial score (nSPS) is 9.04. The number of rotatable bonds is 2. The first-order valence-corrected chi connectivity index (χ1v) is 5.71. The molecule has 0 aliphatic heterocycles. The van der Waals surface area contributed by atoms with Gasteiger partial charge in [0.05, 0.1) is 5.97 Å². The third-order valence-electron chi connectivity index (χ3n) is 2.41. The van der Waals surface area contributed by atoms with Crippen LogP contribution in [0.15, 0.2) is 36.4 Å². The smallest absolute Gasteiger partial charge is 0.545 e. The summed E-state index contributed by atoms with van der Waals surface area (Å²) in [6.45, 7) is 0. The number of carbonyl (C=O) groups is 2. The van der Waals surface area contributed by atoms with E-state index in [4.69, 9.17) is 25.5 Å². The molecule has 5 N–H and O–H groups in total. The van der Waals surface area contributed by atoms with Gasteiger partial charge in [0.1, 0.15) is 28.6 Å². The Morgan fingerprint density at radius 1 is 0.783 bits per heavy atom. The van der Waals surface area contributed by atoms with Crippen LogP contribution in [0.1, 0.15) is 20.7 Å². The number of carboxylic acid groups (broad SMARTS) is 2. The van der Waals surface area contributed by atoms with Crippen molar-refractivity contribution < 1.29 is 91.6 Å². The van der Waals surface area contributed by atoms with E-state index < -0.39 is 23.3 Å². The number of carboxylic acids is 2. The summed E-state index contributed by atoms with van der Waals surface area (Å²) in [6.07, 6.45) is 0. The van der Waals surface area contributed by atoms with Gasteiger partial charge in [-0.1, -0.05) is 0 Å². The Morgan fingerprint density at radius 3 is 1.48 bits per heavy atom. The van der Waals surface area contributed by atoms with Gasteiger partial charge in [0.15, 0.2) is 0 Å². The molecule has 0 saturated heterocycles. The number of benzene rings is 2. The first-order valence-electron chi connectivity index (χ1n) is 5.71. The van der Waals surface area contributed by atoms with Crippen LogP contribution in [-0.4, -0.2) is 37.5 Å². The zero-order chi connectivity index (χ0) is 16.9. The third-order valence-corrected chi connectivity index (χ3v) is 2.41. The van der Waals surface area contributed by atoms with Crippen LogP contribution in [0.4, 0.5) is 0 Å². The van der Waals surface area contributed by atoms with Crippen molar-refractivity contribution in [3.8, 4) is 23.0 Å². The summed E-state index contributed by atoms with van der Waals surface area (Å²) in [6, 6.07) is 6.51. The first kappa shape index (κ1) is 21.2. The molecule has 0 aliphatic rings. The quantitative estimate of drug-likeness (QED) is 0.289. The van der Waals surface area contributed by atoms with E-state index in [-0.39, 0.29) is 74.2 Å². The summed E-state index contributed by atoms with van der Waals surface area (Å²) in [5.74, 6) is -3.95. The van der Waals surface area contributed by atoms with Gasteiger partial charge < -0.3 is 35.4 Å². The summed E-state index contributed by atoms with van der Waals surface area (Å²) in [5, 5.41) is 54.0. The summed E-state index contributed by atoms with van der Waals surface area (Å²) in [5.41, 5.74) is -0.713. The van der Waals surface area contributed by atoms with E-state index in [0.717, 1.165) is 24.3 Å². The van der Waals surface area contributed by atoms with E-state index in [1.807, 2.05) is 0 Å². The van der Waals surface area contributed by atoms with Gasteiger partial charge >= 0.3 is 57.4 Å². The summed E-state index contributed by atoms with van der Waals surface area (Å²) in [7, 11) is 0. The van der Waals surface area contributed by atoms with Crippen LogP contribution in [0.2, 0.25) is 0 Å². The van der Waals surface area contributed by atoms with Gasteiger partial charge in [-0.05, 0) is 36.4 Å². The molecule has 116 valence electrons. The molecule has 0 heterocycles. The van der Waals surface area contributed by atoms with Gasteiger partial charge in [-0.15, -0.1) is 0 Å². The fourth-order valence-electron chi connectivity index (χ4n) is 1.38. The van der Waals surface area contributed by atoms with Crippen LogP contribution >= 0.6 is 0 Å². The predicted molar refractivity (Wildman–Crippen MR) is 70.8 cm³/mol. The summed E-state index contributed by atoms with van der Waals surface area (Å²) < 4.78 is 0. The van der Waals surface area contributed by atoms with Gasteiger partial charge in [0.2, 0.25) is 0 Å². The third kappa shape index (κ3) is 6.46. The maximum absolute atomic E-state index is 10.3. The maximum Gasteiger partial charge on any atom is 1.00 e. The first-order chi connectivity index (χ1) is 10.2. The Balaban J connectivity index is 0.000000403. The van der Waals surface area contributed by atoms with Crippen molar-refractivity contribution in [1.29, 1.82) is 0 Å². The molecule has 0 aromatic heterocycles. The average Bonchev–Trinajstić information content (AvgIpc) is 2.44. The second kappa shape index (κ2) is 9.38. The van der Waals surface area contributed by atoms with Crippen molar-refractivity contribution in [3.05, 3.63) is 47.5 Å². The molecule has 8 nitrogen and oxygen atoms in total. The van der Waals surface area contributed by atoms with Gasteiger partial charge in [-0.2, -0.15) is 0 Å². The topological polar surface area (TPSA) is 158 Å². The van der Waals surface area contributed by atoms with Crippen molar-refractivity contribution in [2.45, 2.75) is 0 Å². The average molecular weight is 346 g/mol. The molecular formula is C14H11KO8. The minimum absolute atomic E-state index is 0. The molecule has 0 spiro atoms. The second-order valence-corrected chi connectivity index (χ2v) is 4.00. The van der Waals surface area contributed by atoms with E-state index >= 15 is 0 Å². The Bertz CT molecular complexity index is 652. The summed E-state index contributed by atoms with van der Waals surface area (Å²) in [4.78, 5) is 20.5. The maximum atomic E-state index is 10.3. The van der Waals surface area contributed by atoms with Crippen LogP contribution in [-0.2, 0) is 0 Å². The van der Waals surface area contributed by atoms with E-state index in [2.05, 4.69) is 0 Å². The second-order valence-electron chi connectivity index (χ2n) is 4.00. The number of carbonyl (C=O) groups excluding carboxylic acids is 1. The van der Waals surface area contributed by atoms with Crippen molar-refractivity contribution in [3.63, 3.8) is 0 Å². The molecule has 0 atom stereocenters. The fourth-order valence-corrected chi connectivity index (χ4v) is 1.38. The molecule has 23 heavy (non-hydrogen) atoms. The fraction of sp³-hybridized carbons (Fsp3) is 0. The van der Waals surface area contributed by atoms with E-state index in [1.54, 1.807) is 0 Å². The van der Waals surface area contributed by atoms with Crippen LogP contribution in [0, 0.1) is 0 Å². The molecule has 9 heteroatoms. The predicted octanol–water partition coefficient (Wildman–Crippen LogP) is -2.74. The number of phenols is 4. The molecule has 0 amide bonds. The zero-order valence-electron chi connectivity index (χ0n) is 11.9. The van der Waals surface area contributed by atoms with Gasteiger partial charge in [-0.25, -0.2) is 4.79 Å². The van der Waals surface area contributed by atoms with Gasteiger partial charge in [0, 0.05) is 5.56 Å². The number of phenolic OH excluding ortho intramolecular Hbond substituents is 2. The van der Waals surface area contributed by atoms with Gasteiger partial charge in [0.25, 0.3) is 0 Å². The van der Waals surface area contributed by atoms with Crippen LogP contribution in [0.3, 0.4) is 0 Å². The molecule has 0 saturated carbocycles. The molecule has 0 bridgehead atoms. The Kier molecular flexibility index (Phi) is 8.65. The van der Waals surface area contributed by atoms with E-state index in [1.165, 1.54) is 12.1 Å². The van der Waals surface area contributed by atoms with Crippen LogP contribution in [0.5, 0.6) is 23.0 Å². The monoisotopic (exact) mass is 346 g/mol. The standard InChI is InChI=1S/2C7H6O4.K/c2*8-4-1-2-6(9)5(3-4)7(10)11;/h2*1-3,8-9H,(H,10,11);/q;;+1/p-1. The zero-order valence-corrected chi connectivity index (χ0v) is 15.0. The SMILES string of the molecule is O=C(O)c1cc(O)ccc1O.O=C([O-])c1cc(O)ccc1O.[K+]. The molecule has 2 aromatic rings. The van der Waals surface area contributed by atoms with Crippen molar-refractivity contribution in [1.82, 2.24) is 0 Å². The number of aromatic carboxylic acids is 2. The Morgan fingerprint density at radius 2 is 1.17 bits per heavy atom. The van der Waals surface area contributed by atoms with Gasteiger partial charge in [-0.3, -0.25) is 0 Å². The molecule has 0 fully saturated rings. The van der Waals surface area contributed by atoms with Crippen LogP contribution < -0.4 is 56.5 Å². The molecule has 0 radical (unpaired) electrons. The van der Waals surface area contributed by atoms with Crippen molar-refractivity contribution in [2.75, 3.05) is 0 Å². The van der Waals surface area contributed by atoms with E-state index in [0.29, 0.717) is 0 Å². The Labute approximate surface area is 172 Å². The van der Waals surface area contributed by atoms with Crippen molar-refractivity contribution >= 4 is 11.9 Å². The molecule has 2 aromatic carbocycles. The minimum atomic E-state index is -1.52. The molecule has 0 aliphatic carbocycles. The van der Waals surface area contributed by atoms with E-state index in [9.17, 15) is 14.7 Å².